The van der Waals surface area contributed by atoms with Gasteiger partial charge in [0, 0.05) is 0 Å². The second-order valence-corrected chi connectivity index (χ2v) is 8.30. The highest BCUT2D eigenvalue weighted by Crippen LogP contribution is 2.34. The summed E-state index contributed by atoms with van der Waals surface area (Å²) in [5.74, 6) is -1.09. The van der Waals surface area contributed by atoms with Crippen molar-refractivity contribution in [2.45, 2.75) is 19.0 Å². The summed E-state index contributed by atoms with van der Waals surface area (Å²) < 4.78 is 12.1. The number of hydrogen-bond acceptors (Lipinski definition) is 9. The van der Waals surface area contributed by atoms with Crippen LogP contribution in [0.3, 0.4) is 0 Å². The summed E-state index contributed by atoms with van der Waals surface area (Å²) in [7, 11) is 1.56. The second kappa shape index (κ2) is 10.3. The van der Waals surface area contributed by atoms with Gasteiger partial charge in [-0.15, -0.1) is 21.5 Å². The van der Waals surface area contributed by atoms with Crippen LogP contribution in [-0.4, -0.2) is 52.0 Å². The van der Waals surface area contributed by atoms with Crippen LogP contribution < -0.4 is 15.8 Å². The van der Waals surface area contributed by atoms with Gasteiger partial charge in [-0.25, -0.2) is 4.79 Å². The third-order valence-electron chi connectivity index (χ3n) is 4.30. The van der Waals surface area contributed by atoms with Crippen molar-refractivity contribution >= 4 is 45.9 Å². The Morgan fingerprint density at radius 1 is 1.28 bits per heavy atom. The number of amides is 2. The van der Waals surface area contributed by atoms with Crippen LogP contribution in [0.1, 0.15) is 32.5 Å². The minimum Gasteiger partial charge on any atom is -0.495 e. The molecule has 0 radical (unpaired) electrons. The number of nitrogens with two attached hydrogens (primary N) is 1. The summed E-state index contributed by atoms with van der Waals surface area (Å²) in [5.41, 5.74) is 6.62. The molecule has 0 saturated heterocycles. The number of rotatable bonds is 9. The number of methoxy groups -OCH3 is 1. The molecule has 0 fully saturated rings. The van der Waals surface area contributed by atoms with Gasteiger partial charge in [-0.05, 0) is 31.5 Å². The number of thiophene rings is 1. The Labute approximate surface area is 192 Å². The van der Waals surface area contributed by atoms with Crippen LogP contribution in [0.15, 0.2) is 35.7 Å². The number of carbonyl (C=O) groups excluding carboxylic acids is 3. The Bertz CT molecular complexity index is 1160. The normalized spacial score (nSPS) is 10.6. The van der Waals surface area contributed by atoms with E-state index in [0.29, 0.717) is 16.5 Å². The van der Waals surface area contributed by atoms with Gasteiger partial charge < -0.3 is 20.5 Å². The molecule has 32 heavy (non-hydrogen) atoms. The Morgan fingerprint density at radius 2 is 2.03 bits per heavy atom. The van der Waals surface area contributed by atoms with Gasteiger partial charge in [0.25, 0.3) is 5.91 Å². The summed E-state index contributed by atoms with van der Waals surface area (Å²) >= 11 is 2.09. The average Bonchev–Trinajstić information content (AvgIpc) is 3.36. The van der Waals surface area contributed by atoms with Crippen LogP contribution in [0.5, 0.6) is 5.75 Å². The fourth-order valence-electron chi connectivity index (χ4n) is 2.90. The minimum absolute atomic E-state index is 0.0149. The largest absolute Gasteiger partial charge is 0.495 e. The molecule has 0 unspecified atom stereocenters. The number of para-hydroxylation sites is 2. The molecule has 3 rings (SSSR count). The Balaban J connectivity index is 1.77. The number of nitrogens with zero attached hydrogens (tertiary/aromatic N) is 3. The van der Waals surface area contributed by atoms with E-state index in [1.807, 2.05) is 24.3 Å². The first-order valence-corrected chi connectivity index (χ1v) is 11.2. The molecule has 0 saturated carbocycles. The molecular weight excluding hydrogens is 454 g/mol. The van der Waals surface area contributed by atoms with Crippen molar-refractivity contribution in [3.63, 3.8) is 0 Å². The molecular formula is C20H21N5O5S2. The standard InChI is InChI=1S/C20H21N5O5S2/c1-4-30-19(28)15-11(2)16(17(21)27)32-18(15)23-14(26)9-31-20-24-22-10-25(20)12-7-5-6-8-13(12)29-3/h5-8,10H,4,9H2,1-3H3,(H2,21,27)(H,23,26). The predicted octanol–water partition coefficient (Wildman–Crippen LogP) is 2.65. The van der Waals surface area contributed by atoms with Gasteiger partial charge in [0.2, 0.25) is 5.91 Å². The van der Waals surface area contributed by atoms with E-state index in [1.54, 1.807) is 25.5 Å². The SMILES string of the molecule is CCOC(=O)c1c(NC(=O)CSc2nncn2-c2ccccc2OC)sc(C(N)=O)c1C. The number of thioether (sulfide) groups is 1. The number of anilines is 1. The van der Waals surface area contributed by atoms with E-state index < -0.39 is 17.8 Å². The molecule has 2 amide bonds. The molecule has 3 aromatic rings. The van der Waals surface area contributed by atoms with E-state index in [-0.39, 0.29) is 27.8 Å². The fraction of sp³-hybridized carbons (Fsp3) is 0.250. The van der Waals surface area contributed by atoms with Gasteiger partial charge in [-0.2, -0.15) is 0 Å². The zero-order chi connectivity index (χ0) is 23.3. The van der Waals surface area contributed by atoms with E-state index in [0.717, 1.165) is 28.8 Å². The number of carbonyl (C=O) groups is 3. The number of esters is 1. The highest BCUT2D eigenvalue weighted by Gasteiger charge is 2.26. The van der Waals surface area contributed by atoms with Gasteiger partial charge in [-0.3, -0.25) is 14.2 Å². The first kappa shape index (κ1) is 23.3. The van der Waals surface area contributed by atoms with Gasteiger partial charge in [0.1, 0.15) is 17.1 Å². The number of aromatic nitrogens is 3. The quantitative estimate of drug-likeness (QED) is 0.356. The molecule has 0 atom stereocenters. The molecule has 0 bridgehead atoms. The lowest BCUT2D eigenvalue weighted by molar-refractivity contribution is -0.113. The van der Waals surface area contributed by atoms with Crippen molar-refractivity contribution < 1.29 is 23.9 Å². The van der Waals surface area contributed by atoms with Gasteiger partial charge in [0.15, 0.2) is 5.16 Å². The third kappa shape index (κ3) is 4.92. The summed E-state index contributed by atoms with van der Waals surface area (Å²) in [5, 5.41) is 11.4. The maximum atomic E-state index is 12.6. The molecule has 0 aliphatic heterocycles. The van der Waals surface area contributed by atoms with E-state index in [9.17, 15) is 14.4 Å². The smallest absolute Gasteiger partial charge is 0.341 e. The van der Waals surface area contributed by atoms with Crippen molar-refractivity contribution in [2.24, 2.45) is 5.73 Å². The average molecular weight is 476 g/mol. The molecule has 12 heteroatoms. The van der Waals surface area contributed by atoms with Crippen LogP contribution in [0.25, 0.3) is 5.69 Å². The molecule has 0 aliphatic carbocycles. The molecule has 10 nitrogen and oxygen atoms in total. The first-order chi connectivity index (χ1) is 15.4. The minimum atomic E-state index is -0.683. The van der Waals surface area contributed by atoms with Crippen LogP contribution in [0, 0.1) is 6.92 Å². The highest BCUT2D eigenvalue weighted by atomic mass is 32.2. The Morgan fingerprint density at radius 3 is 2.72 bits per heavy atom. The lowest BCUT2D eigenvalue weighted by atomic mass is 10.1. The molecule has 2 aromatic heterocycles. The Kier molecular flexibility index (Phi) is 7.49. The highest BCUT2D eigenvalue weighted by molar-refractivity contribution is 7.99. The number of ether oxygens (including phenoxy) is 2. The Hall–Kier alpha value is -3.38. The van der Waals surface area contributed by atoms with E-state index in [2.05, 4.69) is 15.5 Å². The summed E-state index contributed by atoms with van der Waals surface area (Å²) in [6, 6.07) is 7.35. The van der Waals surface area contributed by atoms with Crippen LogP contribution >= 0.6 is 23.1 Å². The van der Waals surface area contributed by atoms with E-state index in [1.165, 1.54) is 6.33 Å². The summed E-state index contributed by atoms with van der Waals surface area (Å²) in [4.78, 5) is 36.9. The first-order valence-electron chi connectivity index (χ1n) is 9.43. The molecule has 0 spiro atoms. The fourth-order valence-corrected chi connectivity index (χ4v) is 4.68. The maximum absolute atomic E-state index is 12.6. The van der Waals surface area contributed by atoms with Crippen LogP contribution in [0.4, 0.5) is 5.00 Å². The van der Waals surface area contributed by atoms with Crippen LogP contribution in [0.2, 0.25) is 0 Å². The van der Waals surface area contributed by atoms with Gasteiger partial charge >= 0.3 is 5.97 Å². The zero-order valence-corrected chi connectivity index (χ0v) is 19.2. The molecule has 3 N–H and O–H groups in total. The van der Waals surface area contributed by atoms with Gasteiger partial charge in [-0.1, -0.05) is 23.9 Å². The van der Waals surface area contributed by atoms with Crippen molar-refractivity contribution in [1.82, 2.24) is 14.8 Å². The topological polar surface area (TPSA) is 138 Å². The maximum Gasteiger partial charge on any atom is 0.341 e. The predicted molar refractivity (Wildman–Crippen MR) is 121 cm³/mol. The lowest BCUT2D eigenvalue weighted by Gasteiger charge is -2.10. The van der Waals surface area contributed by atoms with Crippen LogP contribution in [-0.2, 0) is 9.53 Å². The second-order valence-electron chi connectivity index (χ2n) is 6.34. The van der Waals surface area contributed by atoms with Crippen molar-refractivity contribution in [1.29, 1.82) is 0 Å². The zero-order valence-electron chi connectivity index (χ0n) is 17.6. The molecule has 0 aliphatic rings. The molecule has 2 heterocycles. The monoisotopic (exact) mass is 475 g/mol. The molecule has 168 valence electrons. The number of benzene rings is 1. The number of nitrogens with one attached hydrogen (secondary N) is 1. The molecule has 1 aromatic carbocycles. The number of hydrogen-bond donors (Lipinski definition) is 2. The summed E-state index contributed by atoms with van der Waals surface area (Å²) in [6.07, 6.45) is 1.53. The van der Waals surface area contributed by atoms with E-state index in [4.69, 9.17) is 15.2 Å². The van der Waals surface area contributed by atoms with Crippen molar-refractivity contribution in [3.8, 4) is 11.4 Å². The van der Waals surface area contributed by atoms with Crippen molar-refractivity contribution in [2.75, 3.05) is 24.8 Å². The van der Waals surface area contributed by atoms with Gasteiger partial charge in [0.05, 0.1) is 35.6 Å². The lowest BCUT2D eigenvalue weighted by Crippen LogP contribution is -2.17. The summed E-state index contributed by atoms with van der Waals surface area (Å²) in [6.45, 7) is 3.41. The number of primary amides is 1. The van der Waals surface area contributed by atoms with E-state index >= 15 is 0 Å². The van der Waals surface area contributed by atoms with Crippen molar-refractivity contribution in [3.05, 3.63) is 46.6 Å². The third-order valence-corrected chi connectivity index (χ3v) is 6.46.